The Labute approximate surface area is 216 Å². The van der Waals surface area contributed by atoms with Crippen molar-refractivity contribution in [2.75, 3.05) is 54.1 Å². The highest BCUT2D eigenvalue weighted by Crippen LogP contribution is 2.40. The second-order valence-electron chi connectivity index (χ2n) is 7.96. The van der Waals surface area contributed by atoms with Crippen LogP contribution in [0.15, 0.2) is 12.1 Å². The first-order chi connectivity index (χ1) is 15.5. The summed E-state index contributed by atoms with van der Waals surface area (Å²) in [4.78, 5) is 28.5. The quantitative estimate of drug-likeness (QED) is 0.217. The molecule has 8 nitrogen and oxygen atoms in total. The van der Waals surface area contributed by atoms with E-state index in [9.17, 15) is 9.59 Å². The maximum Gasteiger partial charge on any atom is 0.311 e. The standard InChI is InChI=1S/C24H38N2O6.2ClH/c1-5-25-14-16-26(17-15-25)18-19-12-13-20(29-2)24(31-4)23(19)32-22(28)11-9-7-6-8-10-21(27)30-3;;/h12-13H,5-11,14-18H2,1-4H3;2*1H. The Morgan fingerprint density at radius 1 is 0.794 bits per heavy atom. The van der Waals surface area contributed by atoms with Crippen LogP contribution >= 0.6 is 24.8 Å². The van der Waals surface area contributed by atoms with E-state index in [2.05, 4.69) is 21.5 Å². The molecule has 0 spiro atoms. The zero-order valence-electron chi connectivity index (χ0n) is 20.8. The minimum absolute atomic E-state index is 0. The number of benzene rings is 1. The molecule has 1 saturated heterocycles. The number of likely N-dealkylation sites (N-methyl/N-ethyl adjacent to an activating group) is 1. The number of halogens is 2. The number of carbonyl (C=O) groups excluding carboxylic acids is 2. The highest BCUT2D eigenvalue weighted by molar-refractivity contribution is 5.85. The van der Waals surface area contributed by atoms with E-state index in [0.717, 1.165) is 57.5 Å². The molecular formula is C24H40Cl2N2O6. The number of carbonyl (C=O) groups is 2. The van der Waals surface area contributed by atoms with Crippen molar-refractivity contribution >= 4 is 36.8 Å². The summed E-state index contributed by atoms with van der Waals surface area (Å²) in [6.07, 6.45) is 3.93. The third-order valence-electron chi connectivity index (χ3n) is 5.84. The van der Waals surface area contributed by atoms with Crippen molar-refractivity contribution in [2.24, 2.45) is 0 Å². The molecule has 0 radical (unpaired) electrons. The van der Waals surface area contributed by atoms with Gasteiger partial charge in [-0.1, -0.05) is 25.8 Å². The summed E-state index contributed by atoms with van der Waals surface area (Å²) >= 11 is 0. The fourth-order valence-electron chi connectivity index (χ4n) is 3.84. The number of hydrogen-bond acceptors (Lipinski definition) is 8. The first kappa shape index (κ1) is 32.3. The van der Waals surface area contributed by atoms with E-state index in [0.29, 0.717) is 43.1 Å². The van der Waals surface area contributed by atoms with Crippen LogP contribution in [0.2, 0.25) is 0 Å². The maximum absolute atomic E-state index is 12.6. The lowest BCUT2D eigenvalue weighted by atomic mass is 10.1. The Kier molecular flexibility index (Phi) is 16.8. The molecule has 0 atom stereocenters. The van der Waals surface area contributed by atoms with Gasteiger partial charge in [0.05, 0.1) is 21.3 Å². The Bertz CT molecular complexity index is 742. The third-order valence-corrected chi connectivity index (χ3v) is 5.84. The number of rotatable bonds is 13. The molecule has 10 heteroatoms. The number of methoxy groups -OCH3 is 3. The van der Waals surface area contributed by atoms with Crippen molar-refractivity contribution in [3.05, 3.63) is 17.7 Å². The van der Waals surface area contributed by atoms with Gasteiger partial charge in [-0.25, -0.2) is 0 Å². The smallest absolute Gasteiger partial charge is 0.311 e. The molecule has 2 rings (SSSR count). The van der Waals surface area contributed by atoms with Crippen LogP contribution in [0.5, 0.6) is 17.2 Å². The monoisotopic (exact) mass is 522 g/mol. The van der Waals surface area contributed by atoms with Crippen LogP contribution in [0.1, 0.15) is 51.0 Å². The second-order valence-corrected chi connectivity index (χ2v) is 7.96. The van der Waals surface area contributed by atoms with E-state index < -0.39 is 0 Å². The third kappa shape index (κ3) is 10.3. The highest BCUT2D eigenvalue weighted by atomic mass is 35.5. The van der Waals surface area contributed by atoms with E-state index >= 15 is 0 Å². The van der Waals surface area contributed by atoms with Gasteiger partial charge in [-0.3, -0.25) is 14.5 Å². The molecule has 196 valence electrons. The molecule has 1 aromatic carbocycles. The second kappa shape index (κ2) is 17.7. The largest absolute Gasteiger partial charge is 0.493 e. The molecule has 1 aromatic rings. The highest BCUT2D eigenvalue weighted by Gasteiger charge is 2.23. The minimum Gasteiger partial charge on any atom is -0.493 e. The molecule has 0 unspecified atom stereocenters. The number of unbranched alkanes of at least 4 members (excludes halogenated alkanes) is 3. The van der Waals surface area contributed by atoms with E-state index in [4.69, 9.17) is 14.2 Å². The Hall–Kier alpha value is -1.74. The van der Waals surface area contributed by atoms with E-state index in [1.54, 1.807) is 14.2 Å². The summed E-state index contributed by atoms with van der Waals surface area (Å²) in [5.41, 5.74) is 0.916. The number of ether oxygens (including phenoxy) is 4. The minimum atomic E-state index is -0.290. The molecule has 0 bridgehead atoms. The van der Waals surface area contributed by atoms with Crippen LogP contribution in [0, 0.1) is 0 Å². The Morgan fingerprint density at radius 3 is 1.91 bits per heavy atom. The van der Waals surface area contributed by atoms with Crippen molar-refractivity contribution < 1.29 is 28.5 Å². The fraction of sp³-hybridized carbons (Fsp3) is 0.667. The number of hydrogen-bond donors (Lipinski definition) is 0. The zero-order chi connectivity index (χ0) is 23.3. The summed E-state index contributed by atoms with van der Waals surface area (Å²) in [5.74, 6) is 0.946. The molecule has 0 amide bonds. The lowest BCUT2D eigenvalue weighted by Gasteiger charge is -2.34. The van der Waals surface area contributed by atoms with Crippen LogP contribution in [0.4, 0.5) is 0 Å². The van der Waals surface area contributed by atoms with Gasteiger partial charge in [0.15, 0.2) is 11.5 Å². The normalized spacial score (nSPS) is 13.9. The van der Waals surface area contributed by atoms with Crippen molar-refractivity contribution in [3.63, 3.8) is 0 Å². The topological polar surface area (TPSA) is 77.5 Å². The molecular weight excluding hydrogens is 483 g/mol. The summed E-state index contributed by atoms with van der Waals surface area (Å²) in [6.45, 7) is 7.95. The molecule has 1 fully saturated rings. The molecule has 0 saturated carbocycles. The summed E-state index contributed by atoms with van der Waals surface area (Å²) in [7, 11) is 4.52. The van der Waals surface area contributed by atoms with Crippen molar-refractivity contribution in [2.45, 2.75) is 52.0 Å². The van der Waals surface area contributed by atoms with Crippen LogP contribution < -0.4 is 14.2 Å². The van der Waals surface area contributed by atoms with Crippen LogP contribution in [-0.4, -0.2) is 75.8 Å². The predicted octanol–water partition coefficient (Wildman–Crippen LogP) is 4.10. The first-order valence-corrected chi connectivity index (χ1v) is 11.5. The zero-order valence-corrected chi connectivity index (χ0v) is 22.4. The van der Waals surface area contributed by atoms with E-state index in [1.165, 1.54) is 7.11 Å². The van der Waals surface area contributed by atoms with Gasteiger partial charge < -0.3 is 23.8 Å². The molecule has 34 heavy (non-hydrogen) atoms. The number of nitrogens with zero attached hydrogens (tertiary/aromatic N) is 2. The first-order valence-electron chi connectivity index (χ1n) is 11.5. The van der Waals surface area contributed by atoms with Gasteiger partial charge in [0.1, 0.15) is 0 Å². The van der Waals surface area contributed by atoms with Crippen LogP contribution in [-0.2, 0) is 20.9 Å². The Balaban J connectivity index is 0.00000544. The number of piperazine rings is 1. The fourth-order valence-corrected chi connectivity index (χ4v) is 3.84. The van der Waals surface area contributed by atoms with Gasteiger partial charge in [-0.05, 0) is 25.5 Å². The molecule has 0 aliphatic carbocycles. The predicted molar refractivity (Wildman–Crippen MR) is 137 cm³/mol. The average molecular weight is 523 g/mol. The Morgan fingerprint density at radius 2 is 1.38 bits per heavy atom. The summed E-state index contributed by atoms with van der Waals surface area (Å²) in [6, 6.07) is 3.80. The van der Waals surface area contributed by atoms with Gasteiger partial charge in [0.25, 0.3) is 0 Å². The van der Waals surface area contributed by atoms with E-state index in [1.807, 2.05) is 12.1 Å². The van der Waals surface area contributed by atoms with Crippen molar-refractivity contribution in [1.29, 1.82) is 0 Å². The van der Waals surface area contributed by atoms with Crippen molar-refractivity contribution in [1.82, 2.24) is 9.80 Å². The lowest BCUT2D eigenvalue weighted by Crippen LogP contribution is -2.45. The molecule has 0 aromatic heterocycles. The average Bonchev–Trinajstić information content (AvgIpc) is 2.82. The van der Waals surface area contributed by atoms with Gasteiger partial charge >= 0.3 is 11.9 Å². The van der Waals surface area contributed by atoms with Gasteiger partial charge in [-0.15, -0.1) is 24.8 Å². The molecule has 1 aliphatic heterocycles. The number of esters is 2. The molecule has 0 N–H and O–H groups in total. The van der Waals surface area contributed by atoms with E-state index in [-0.39, 0.29) is 36.8 Å². The van der Waals surface area contributed by atoms with Gasteiger partial charge in [0, 0.05) is 51.1 Å². The van der Waals surface area contributed by atoms with Gasteiger partial charge in [-0.2, -0.15) is 0 Å². The van der Waals surface area contributed by atoms with Crippen LogP contribution in [0.3, 0.4) is 0 Å². The van der Waals surface area contributed by atoms with Crippen molar-refractivity contribution in [3.8, 4) is 17.2 Å². The molecule has 1 aliphatic rings. The van der Waals surface area contributed by atoms with Crippen LogP contribution in [0.25, 0.3) is 0 Å². The SMILES string of the molecule is CCN1CCN(Cc2ccc(OC)c(OC)c2OC(=O)CCCCCCC(=O)OC)CC1.Cl.Cl. The van der Waals surface area contributed by atoms with Gasteiger partial charge in [0.2, 0.25) is 5.75 Å². The maximum atomic E-state index is 12.6. The molecule has 1 heterocycles. The summed E-state index contributed by atoms with van der Waals surface area (Å²) < 4.78 is 21.4. The summed E-state index contributed by atoms with van der Waals surface area (Å²) in [5, 5.41) is 0. The lowest BCUT2D eigenvalue weighted by molar-refractivity contribution is -0.140.